The fraction of sp³-hybridized carbons (Fsp3) is 0.500. The van der Waals surface area contributed by atoms with Crippen molar-refractivity contribution in [3.8, 4) is 0 Å². The third kappa shape index (κ3) is 1.80. The van der Waals surface area contributed by atoms with Crippen LogP contribution in [0.15, 0.2) is 24.5 Å². The van der Waals surface area contributed by atoms with E-state index in [1.807, 2.05) is 30.2 Å². The van der Waals surface area contributed by atoms with Crippen molar-refractivity contribution >= 4 is 11.4 Å². The van der Waals surface area contributed by atoms with Crippen molar-refractivity contribution < 1.29 is 14.6 Å². The van der Waals surface area contributed by atoms with E-state index in [0.29, 0.717) is 31.9 Å². The van der Waals surface area contributed by atoms with Gasteiger partial charge in [0.1, 0.15) is 0 Å². The Morgan fingerprint density at radius 1 is 1.59 bits per heavy atom. The van der Waals surface area contributed by atoms with Crippen LogP contribution in [0.1, 0.15) is 15.9 Å². The Bertz CT molecular complexity index is 741. The second-order valence-electron chi connectivity index (χ2n) is 6.46. The van der Waals surface area contributed by atoms with Gasteiger partial charge in [0.15, 0.2) is 0 Å². The van der Waals surface area contributed by atoms with E-state index in [2.05, 4.69) is 5.10 Å². The van der Waals surface area contributed by atoms with Gasteiger partial charge in [0.25, 0.3) is 5.91 Å². The van der Waals surface area contributed by atoms with Gasteiger partial charge in [-0.25, -0.2) is 4.52 Å². The monoisotopic (exact) mass is 301 g/mol. The number of hydrogen-bond acceptors (Lipinski definition) is 4. The quantitative estimate of drug-likeness (QED) is 0.888. The largest absolute Gasteiger partial charge is 0.396 e. The molecule has 2 aliphatic heterocycles. The molecule has 0 saturated carbocycles. The minimum atomic E-state index is -0.284. The van der Waals surface area contributed by atoms with Crippen LogP contribution in [0, 0.1) is 18.3 Å². The van der Waals surface area contributed by atoms with E-state index in [4.69, 9.17) is 4.74 Å². The maximum atomic E-state index is 12.9. The van der Waals surface area contributed by atoms with Crippen molar-refractivity contribution in [1.29, 1.82) is 0 Å². The summed E-state index contributed by atoms with van der Waals surface area (Å²) in [4.78, 5) is 14.8. The lowest BCUT2D eigenvalue weighted by Crippen LogP contribution is -2.36. The smallest absolute Gasteiger partial charge is 0.257 e. The molecule has 22 heavy (non-hydrogen) atoms. The average Bonchev–Trinajstić information content (AvgIpc) is 3.18. The Kier molecular flexibility index (Phi) is 2.99. The van der Waals surface area contributed by atoms with Crippen LogP contribution in [0.3, 0.4) is 0 Å². The molecule has 0 bridgehead atoms. The third-order valence-corrected chi connectivity index (χ3v) is 5.10. The number of amides is 1. The molecule has 2 saturated heterocycles. The third-order valence-electron chi connectivity index (χ3n) is 5.10. The molecule has 2 aliphatic rings. The van der Waals surface area contributed by atoms with Gasteiger partial charge in [0.2, 0.25) is 0 Å². The summed E-state index contributed by atoms with van der Waals surface area (Å²) in [6.07, 6.45) is 3.49. The van der Waals surface area contributed by atoms with Gasteiger partial charge >= 0.3 is 0 Å². The van der Waals surface area contributed by atoms with Crippen molar-refractivity contribution in [2.24, 2.45) is 11.3 Å². The predicted octanol–water partition coefficient (Wildman–Crippen LogP) is 0.724. The molecule has 2 atom stereocenters. The van der Waals surface area contributed by atoms with Gasteiger partial charge in [-0.2, -0.15) is 5.10 Å². The number of carbonyl (C=O) groups excluding carboxylic acids is 1. The lowest BCUT2D eigenvalue weighted by atomic mass is 9.82. The standard InChI is InChI=1S/C16H19N3O3/c1-11-3-2-4-19-14(11)13(5-17-19)15(21)18-6-12-7-22-10-16(12,8-18)9-20/h2-5,12,20H,6-10H2,1H3/t12-,16-/m0/s1. The maximum Gasteiger partial charge on any atom is 0.257 e. The van der Waals surface area contributed by atoms with E-state index in [1.54, 1.807) is 10.7 Å². The molecule has 6 nitrogen and oxygen atoms in total. The summed E-state index contributed by atoms with van der Waals surface area (Å²) in [5.41, 5.74) is 2.24. The van der Waals surface area contributed by atoms with Crippen LogP contribution in [-0.2, 0) is 4.74 Å². The van der Waals surface area contributed by atoms with Gasteiger partial charge in [0.05, 0.1) is 37.1 Å². The van der Waals surface area contributed by atoms with E-state index in [1.165, 1.54) is 0 Å². The first-order chi connectivity index (χ1) is 10.6. The molecule has 0 radical (unpaired) electrons. The van der Waals surface area contributed by atoms with Gasteiger partial charge in [-0.1, -0.05) is 6.07 Å². The van der Waals surface area contributed by atoms with Crippen molar-refractivity contribution in [1.82, 2.24) is 14.5 Å². The van der Waals surface area contributed by atoms with Gasteiger partial charge in [-0.15, -0.1) is 0 Å². The van der Waals surface area contributed by atoms with Crippen LogP contribution in [0.4, 0.5) is 0 Å². The number of ether oxygens (including phenoxy) is 1. The van der Waals surface area contributed by atoms with Crippen LogP contribution < -0.4 is 0 Å². The topological polar surface area (TPSA) is 67.1 Å². The summed E-state index contributed by atoms with van der Waals surface area (Å²) < 4.78 is 7.24. The fourth-order valence-electron chi connectivity index (χ4n) is 3.75. The van der Waals surface area contributed by atoms with Crippen LogP contribution in [0.2, 0.25) is 0 Å². The Hall–Kier alpha value is -1.92. The molecule has 2 fully saturated rings. The molecule has 1 N–H and O–H groups in total. The van der Waals surface area contributed by atoms with E-state index >= 15 is 0 Å². The molecule has 116 valence electrons. The number of fused-ring (bicyclic) bond motifs is 2. The molecule has 0 spiro atoms. The highest BCUT2D eigenvalue weighted by atomic mass is 16.5. The van der Waals surface area contributed by atoms with Crippen molar-refractivity contribution in [2.75, 3.05) is 32.9 Å². The van der Waals surface area contributed by atoms with Crippen molar-refractivity contribution in [3.05, 3.63) is 35.7 Å². The summed E-state index contributed by atoms with van der Waals surface area (Å²) in [7, 11) is 0. The number of carbonyl (C=O) groups is 1. The Morgan fingerprint density at radius 2 is 2.45 bits per heavy atom. The lowest BCUT2D eigenvalue weighted by Gasteiger charge is -2.24. The minimum Gasteiger partial charge on any atom is -0.396 e. The van der Waals surface area contributed by atoms with Crippen LogP contribution >= 0.6 is 0 Å². The minimum absolute atomic E-state index is 0.00785. The molecule has 0 unspecified atom stereocenters. The molecule has 4 heterocycles. The van der Waals surface area contributed by atoms with Crippen LogP contribution in [-0.4, -0.2) is 58.4 Å². The fourth-order valence-corrected chi connectivity index (χ4v) is 3.75. The maximum absolute atomic E-state index is 12.9. The number of hydrogen-bond donors (Lipinski definition) is 1. The molecular formula is C16H19N3O3. The first-order valence-electron chi connectivity index (χ1n) is 7.55. The SMILES string of the molecule is Cc1cccn2ncc(C(=O)N3C[C@H]4COC[C@@]4(CO)C3)c12. The summed E-state index contributed by atoms with van der Waals surface area (Å²) >= 11 is 0. The lowest BCUT2D eigenvalue weighted by molar-refractivity contribution is 0.0632. The molecular weight excluding hydrogens is 282 g/mol. The van der Waals surface area contributed by atoms with E-state index in [0.717, 1.165) is 11.1 Å². The van der Waals surface area contributed by atoms with Crippen LogP contribution in [0.5, 0.6) is 0 Å². The highest BCUT2D eigenvalue weighted by molar-refractivity contribution is 6.01. The van der Waals surface area contributed by atoms with E-state index in [-0.39, 0.29) is 23.8 Å². The Morgan fingerprint density at radius 3 is 3.23 bits per heavy atom. The number of pyridine rings is 1. The van der Waals surface area contributed by atoms with Gasteiger partial charge < -0.3 is 14.7 Å². The van der Waals surface area contributed by atoms with Gasteiger partial charge in [-0.05, 0) is 18.6 Å². The Balaban J connectivity index is 1.68. The molecule has 4 rings (SSSR count). The number of rotatable bonds is 2. The van der Waals surface area contributed by atoms with Gasteiger partial charge in [-0.3, -0.25) is 4.79 Å². The predicted molar refractivity (Wildman–Crippen MR) is 79.7 cm³/mol. The van der Waals surface area contributed by atoms with E-state index < -0.39 is 0 Å². The van der Waals surface area contributed by atoms with E-state index in [9.17, 15) is 9.90 Å². The summed E-state index contributed by atoms with van der Waals surface area (Å²) in [6.45, 7) is 4.40. The summed E-state index contributed by atoms with van der Waals surface area (Å²) in [5, 5.41) is 14.0. The number of nitrogens with zero attached hydrogens (tertiary/aromatic N) is 3. The number of aliphatic hydroxyl groups is 1. The first kappa shape index (κ1) is 13.7. The second kappa shape index (κ2) is 4.79. The van der Waals surface area contributed by atoms with Crippen molar-refractivity contribution in [3.63, 3.8) is 0 Å². The van der Waals surface area contributed by atoms with Crippen LogP contribution in [0.25, 0.3) is 5.52 Å². The molecule has 2 aromatic rings. The Labute approximate surface area is 128 Å². The molecule has 2 aromatic heterocycles. The molecule has 0 aliphatic carbocycles. The number of aryl methyl sites for hydroxylation is 1. The zero-order valence-corrected chi connectivity index (χ0v) is 12.5. The summed E-state index contributed by atoms with van der Waals surface area (Å²) in [5.74, 6) is 0.218. The zero-order valence-electron chi connectivity index (χ0n) is 12.5. The van der Waals surface area contributed by atoms with Gasteiger partial charge in [0, 0.05) is 30.6 Å². The highest BCUT2D eigenvalue weighted by Gasteiger charge is 2.51. The molecule has 6 heteroatoms. The first-order valence-corrected chi connectivity index (χ1v) is 7.55. The highest BCUT2D eigenvalue weighted by Crippen LogP contribution is 2.41. The number of aliphatic hydroxyl groups excluding tert-OH is 1. The number of likely N-dealkylation sites (tertiary alicyclic amines) is 1. The second-order valence-corrected chi connectivity index (χ2v) is 6.46. The molecule has 0 aromatic carbocycles. The zero-order chi connectivity index (χ0) is 15.3. The van der Waals surface area contributed by atoms with Crippen molar-refractivity contribution in [2.45, 2.75) is 6.92 Å². The summed E-state index contributed by atoms with van der Waals surface area (Å²) in [6, 6.07) is 3.90. The molecule has 1 amide bonds. The average molecular weight is 301 g/mol. The normalized spacial score (nSPS) is 27.5. The number of aromatic nitrogens is 2.